The molecule has 5 aromatic rings. The van der Waals surface area contributed by atoms with Crippen LogP contribution in [0.2, 0.25) is 0 Å². The number of hydrazone groups is 1. The number of rotatable bonds is 7. The van der Waals surface area contributed by atoms with Gasteiger partial charge in [0.1, 0.15) is 23.9 Å². The number of H-pyrrole nitrogens is 1. The molecule has 0 unspecified atom stereocenters. The molecule has 7 heteroatoms. The highest BCUT2D eigenvalue weighted by atomic mass is 19.1. The van der Waals surface area contributed by atoms with Gasteiger partial charge in [0.15, 0.2) is 0 Å². The predicted octanol–water partition coefficient (Wildman–Crippen LogP) is 5.71. The van der Waals surface area contributed by atoms with Gasteiger partial charge in [0, 0.05) is 5.56 Å². The van der Waals surface area contributed by atoms with E-state index in [1.54, 1.807) is 18.2 Å². The summed E-state index contributed by atoms with van der Waals surface area (Å²) in [5.41, 5.74) is 5.77. The standard InChI is InChI=1S/C28H21FN4O2/c29-22-14-12-19(13-15-22)17-30-33-28(34)26-16-25(31-32-26)24-10-3-4-11-27(24)35-18-21-8-5-7-20-6-1-2-9-23(20)21/h1-17H,18H2,(H,31,32)(H,33,34)/b30-17+. The van der Waals surface area contributed by atoms with Crippen LogP contribution in [0.3, 0.4) is 0 Å². The Hall–Kier alpha value is -4.78. The first kappa shape index (κ1) is 22.0. The molecule has 2 N–H and O–H groups in total. The normalized spacial score (nSPS) is 11.1. The third-order valence-corrected chi connectivity index (χ3v) is 5.50. The topological polar surface area (TPSA) is 79.4 Å². The lowest BCUT2D eigenvalue weighted by atomic mass is 10.1. The molecular weight excluding hydrogens is 443 g/mol. The molecule has 35 heavy (non-hydrogen) atoms. The van der Waals surface area contributed by atoms with Crippen LogP contribution in [-0.2, 0) is 6.61 Å². The van der Waals surface area contributed by atoms with Crippen molar-refractivity contribution in [2.45, 2.75) is 6.61 Å². The Morgan fingerprint density at radius 3 is 2.63 bits per heavy atom. The highest BCUT2D eigenvalue weighted by Gasteiger charge is 2.14. The summed E-state index contributed by atoms with van der Waals surface area (Å²) in [6.07, 6.45) is 1.44. The van der Waals surface area contributed by atoms with E-state index in [1.165, 1.54) is 18.3 Å². The fraction of sp³-hybridized carbons (Fsp3) is 0.0357. The lowest BCUT2D eigenvalue weighted by Gasteiger charge is -2.12. The van der Waals surface area contributed by atoms with Gasteiger partial charge >= 0.3 is 0 Å². The first-order valence-electron chi connectivity index (χ1n) is 11.0. The van der Waals surface area contributed by atoms with Crippen LogP contribution < -0.4 is 10.2 Å². The number of hydrogen-bond acceptors (Lipinski definition) is 4. The van der Waals surface area contributed by atoms with Gasteiger partial charge in [-0.2, -0.15) is 10.2 Å². The number of nitrogens with one attached hydrogen (secondary N) is 2. The second-order valence-corrected chi connectivity index (χ2v) is 7.84. The van der Waals surface area contributed by atoms with E-state index in [2.05, 4.69) is 38.9 Å². The van der Waals surface area contributed by atoms with Crippen molar-refractivity contribution in [3.63, 3.8) is 0 Å². The molecule has 0 fully saturated rings. The molecule has 0 spiro atoms. The number of hydrogen-bond donors (Lipinski definition) is 2. The van der Waals surface area contributed by atoms with Gasteiger partial charge in [-0.1, -0.05) is 66.7 Å². The summed E-state index contributed by atoms with van der Waals surface area (Å²) in [5.74, 6) is -0.123. The van der Waals surface area contributed by atoms with Crippen molar-refractivity contribution in [2.75, 3.05) is 0 Å². The Balaban J connectivity index is 1.29. The molecule has 0 atom stereocenters. The SMILES string of the molecule is O=C(N/N=C/c1ccc(F)cc1)c1cc(-c2ccccc2OCc2cccc3ccccc23)n[nH]1. The lowest BCUT2D eigenvalue weighted by Crippen LogP contribution is -2.17. The van der Waals surface area contributed by atoms with Gasteiger partial charge in [0.25, 0.3) is 5.91 Å². The number of aromatic nitrogens is 2. The van der Waals surface area contributed by atoms with Crippen LogP contribution in [0.25, 0.3) is 22.0 Å². The zero-order valence-electron chi connectivity index (χ0n) is 18.6. The second kappa shape index (κ2) is 10.0. The monoisotopic (exact) mass is 464 g/mol. The average Bonchev–Trinajstić information content (AvgIpc) is 3.39. The Labute approximate surface area is 201 Å². The minimum Gasteiger partial charge on any atom is -0.488 e. The van der Waals surface area contributed by atoms with Crippen molar-refractivity contribution in [3.05, 3.63) is 120 Å². The van der Waals surface area contributed by atoms with E-state index in [-0.39, 0.29) is 11.5 Å². The molecule has 5 rings (SSSR count). The molecule has 0 radical (unpaired) electrons. The van der Waals surface area contributed by atoms with Gasteiger partial charge in [-0.3, -0.25) is 9.89 Å². The van der Waals surface area contributed by atoms with Crippen LogP contribution in [0.5, 0.6) is 5.75 Å². The number of amides is 1. The molecule has 0 saturated carbocycles. The average molecular weight is 465 g/mol. The zero-order valence-corrected chi connectivity index (χ0v) is 18.6. The van der Waals surface area contributed by atoms with Gasteiger partial charge in [-0.25, -0.2) is 9.82 Å². The van der Waals surface area contributed by atoms with Gasteiger partial charge in [0.05, 0.1) is 11.9 Å². The quantitative estimate of drug-likeness (QED) is 0.239. The molecular formula is C28H21FN4O2. The van der Waals surface area contributed by atoms with Crippen LogP contribution in [0.1, 0.15) is 21.6 Å². The van der Waals surface area contributed by atoms with Gasteiger partial charge < -0.3 is 4.74 Å². The molecule has 0 saturated heterocycles. The van der Waals surface area contributed by atoms with Crippen LogP contribution in [0.15, 0.2) is 102 Å². The van der Waals surface area contributed by atoms with Crippen LogP contribution in [0.4, 0.5) is 4.39 Å². The fourth-order valence-corrected chi connectivity index (χ4v) is 3.73. The number of carbonyl (C=O) groups is 1. The van der Waals surface area contributed by atoms with Crippen molar-refractivity contribution in [1.29, 1.82) is 0 Å². The first-order valence-corrected chi connectivity index (χ1v) is 11.0. The van der Waals surface area contributed by atoms with E-state index in [9.17, 15) is 9.18 Å². The summed E-state index contributed by atoms with van der Waals surface area (Å²) in [6.45, 7) is 0.397. The second-order valence-electron chi connectivity index (χ2n) is 7.84. The van der Waals surface area contributed by atoms with E-state index >= 15 is 0 Å². The van der Waals surface area contributed by atoms with Crippen LogP contribution in [0, 0.1) is 5.82 Å². The first-order chi connectivity index (χ1) is 17.2. The van der Waals surface area contributed by atoms with Crippen molar-refractivity contribution < 1.29 is 13.9 Å². The van der Waals surface area contributed by atoms with Crippen molar-refractivity contribution in [3.8, 4) is 17.0 Å². The third kappa shape index (κ3) is 5.09. The predicted molar refractivity (Wildman–Crippen MR) is 134 cm³/mol. The number of fused-ring (bicyclic) bond motifs is 1. The molecule has 172 valence electrons. The Morgan fingerprint density at radius 2 is 1.74 bits per heavy atom. The summed E-state index contributed by atoms with van der Waals surface area (Å²) in [4.78, 5) is 12.5. The molecule has 1 aromatic heterocycles. The maximum Gasteiger partial charge on any atom is 0.289 e. The van der Waals surface area contributed by atoms with Crippen LogP contribution in [-0.4, -0.2) is 22.3 Å². The molecule has 1 amide bonds. The maximum absolute atomic E-state index is 13.0. The molecule has 6 nitrogen and oxygen atoms in total. The van der Waals surface area contributed by atoms with Gasteiger partial charge in [-0.05, 0) is 52.2 Å². The Morgan fingerprint density at radius 1 is 0.971 bits per heavy atom. The van der Waals surface area contributed by atoms with Crippen molar-refractivity contribution in [1.82, 2.24) is 15.6 Å². The number of para-hydroxylation sites is 1. The molecule has 0 aliphatic heterocycles. The minimum atomic E-state index is -0.448. The molecule has 4 aromatic carbocycles. The van der Waals surface area contributed by atoms with Crippen molar-refractivity contribution >= 4 is 22.9 Å². The summed E-state index contributed by atoms with van der Waals surface area (Å²) in [6, 6.07) is 29.3. The highest BCUT2D eigenvalue weighted by Crippen LogP contribution is 2.30. The Kier molecular flexibility index (Phi) is 6.30. The molecule has 0 bridgehead atoms. The number of nitrogens with zero attached hydrogens (tertiary/aromatic N) is 2. The van der Waals surface area contributed by atoms with Gasteiger partial charge in [0.2, 0.25) is 0 Å². The summed E-state index contributed by atoms with van der Waals surface area (Å²) >= 11 is 0. The van der Waals surface area contributed by atoms with E-state index in [0.29, 0.717) is 23.6 Å². The Bertz CT molecular complexity index is 1500. The van der Waals surface area contributed by atoms with E-state index in [0.717, 1.165) is 21.9 Å². The summed E-state index contributed by atoms with van der Waals surface area (Å²) in [5, 5.41) is 13.3. The van der Waals surface area contributed by atoms with Crippen molar-refractivity contribution in [2.24, 2.45) is 5.10 Å². The van der Waals surface area contributed by atoms with E-state index in [4.69, 9.17) is 4.74 Å². The zero-order chi connectivity index (χ0) is 24.0. The largest absolute Gasteiger partial charge is 0.488 e. The number of benzene rings is 4. The minimum absolute atomic E-state index is 0.250. The van der Waals surface area contributed by atoms with Gasteiger partial charge in [-0.15, -0.1) is 0 Å². The van der Waals surface area contributed by atoms with E-state index < -0.39 is 5.91 Å². The number of ether oxygens (including phenoxy) is 1. The fourth-order valence-electron chi connectivity index (χ4n) is 3.73. The third-order valence-electron chi connectivity index (χ3n) is 5.50. The lowest BCUT2D eigenvalue weighted by molar-refractivity contribution is 0.0950. The molecule has 1 heterocycles. The van der Waals surface area contributed by atoms with Crippen LogP contribution >= 0.6 is 0 Å². The number of halogens is 1. The molecule has 0 aliphatic carbocycles. The molecule has 0 aliphatic rings. The van der Waals surface area contributed by atoms with E-state index in [1.807, 2.05) is 48.5 Å². The maximum atomic E-state index is 13.0. The highest BCUT2D eigenvalue weighted by molar-refractivity contribution is 5.94. The smallest absolute Gasteiger partial charge is 0.289 e. The summed E-state index contributed by atoms with van der Waals surface area (Å²) < 4.78 is 19.2. The summed E-state index contributed by atoms with van der Waals surface area (Å²) in [7, 11) is 0. The number of carbonyl (C=O) groups excluding carboxylic acids is 1. The number of aromatic amines is 1.